The molecule has 0 aliphatic carbocycles. The molecule has 0 radical (unpaired) electrons. The van der Waals surface area contributed by atoms with Crippen molar-refractivity contribution in [3.63, 3.8) is 0 Å². The van der Waals surface area contributed by atoms with E-state index in [1.54, 1.807) is 91.0 Å². The normalized spacial score (nSPS) is 18.4. The lowest BCUT2D eigenvalue weighted by Gasteiger charge is -2.25. The summed E-state index contributed by atoms with van der Waals surface area (Å²) in [7, 11) is 0. The number of carbonyl (C=O) groups excluding carboxylic acids is 3. The van der Waals surface area contributed by atoms with Gasteiger partial charge in [-0.3, -0.25) is 4.57 Å². The average Bonchev–Trinajstić information content (AvgIpc) is 3.71. The Morgan fingerprint density at radius 2 is 1.26 bits per heavy atom. The zero-order valence-electron chi connectivity index (χ0n) is 26.0. The van der Waals surface area contributed by atoms with E-state index in [2.05, 4.69) is 15.0 Å². The SMILES string of the molecule is O=C(OC[C@H]1O[C@@H](n2cc3[nH]c(-c4ccc(F)cc4)nc3nc2=O)[C@H](OC(=O)c2ccccc2)[C@@H]1OC(=O)c1ccccc1)c1ccccc1. The fourth-order valence-corrected chi connectivity index (χ4v) is 5.50. The number of aromatic nitrogens is 4. The molecule has 250 valence electrons. The summed E-state index contributed by atoms with van der Waals surface area (Å²) in [5.74, 6) is -2.32. The van der Waals surface area contributed by atoms with Gasteiger partial charge in [0.2, 0.25) is 0 Å². The van der Waals surface area contributed by atoms with Crippen molar-refractivity contribution in [1.29, 1.82) is 0 Å². The summed E-state index contributed by atoms with van der Waals surface area (Å²) in [6.07, 6.45) is -4.00. The molecule has 0 spiro atoms. The van der Waals surface area contributed by atoms with Crippen LogP contribution in [0, 0.1) is 5.82 Å². The first kappa shape index (κ1) is 32.1. The third-order valence-electron chi connectivity index (χ3n) is 7.97. The number of aromatic amines is 1. The number of H-pyrrole nitrogens is 1. The Kier molecular flexibility index (Phi) is 8.95. The van der Waals surface area contributed by atoms with Gasteiger partial charge in [-0.1, -0.05) is 54.6 Å². The van der Waals surface area contributed by atoms with E-state index in [0.717, 1.165) is 4.57 Å². The van der Waals surface area contributed by atoms with E-state index in [4.69, 9.17) is 18.9 Å². The number of hydrogen-bond donors (Lipinski definition) is 1. The Labute approximate surface area is 283 Å². The van der Waals surface area contributed by atoms with Crippen molar-refractivity contribution < 1.29 is 37.7 Å². The zero-order valence-corrected chi connectivity index (χ0v) is 26.0. The monoisotopic (exact) mass is 674 g/mol. The number of halogens is 1. The van der Waals surface area contributed by atoms with E-state index < -0.39 is 60.6 Å². The number of nitrogens with zero attached hydrogens (tertiary/aromatic N) is 3. The highest BCUT2D eigenvalue weighted by molar-refractivity contribution is 5.91. The van der Waals surface area contributed by atoms with Crippen LogP contribution in [0.25, 0.3) is 22.6 Å². The third-order valence-corrected chi connectivity index (χ3v) is 7.97. The maximum Gasteiger partial charge on any atom is 0.351 e. The number of fused-ring (bicyclic) bond motifs is 1. The Morgan fingerprint density at radius 3 is 1.84 bits per heavy atom. The molecule has 50 heavy (non-hydrogen) atoms. The van der Waals surface area contributed by atoms with Gasteiger partial charge in [0.05, 0.1) is 16.7 Å². The van der Waals surface area contributed by atoms with Crippen LogP contribution in [-0.2, 0) is 18.9 Å². The Morgan fingerprint density at radius 1 is 0.720 bits per heavy atom. The third kappa shape index (κ3) is 6.75. The van der Waals surface area contributed by atoms with Crippen molar-refractivity contribution >= 4 is 29.1 Å². The van der Waals surface area contributed by atoms with Crippen molar-refractivity contribution in [2.75, 3.05) is 6.61 Å². The molecule has 1 N–H and O–H groups in total. The molecule has 1 saturated heterocycles. The summed E-state index contributed by atoms with van der Waals surface area (Å²) in [5, 5.41) is 0. The molecule has 3 heterocycles. The Hall–Kier alpha value is -6.47. The second-order valence-electron chi connectivity index (χ2n) is 11.3. The number of hydrogen-bond acceptors (Lipinski definition) is 10. The van der Waals surface area contributed by atoms with Crippen LogP contribution < -0.4 is 5.69 Å². The summed E-state index contributed by atoms with van der Waals surface area (Å²) in [4.78, 5) is 64.9. The van der Waals surface area contributed by atoms with Gasteiger partial charge in [-0.2, -0.15) is 4.98 Å². The second-order valence-corrected chi connectivity index (χ2v) is 11.3. The van der Waals surface area contributed by atoms with Gasteiger partial charge in [-0.15, -0.1) is 0 Å². The van der Waals surface area contributed by atoms with Gasteiger partial charge in [0.1, 0.15) is 29.9 Å². The molecule has 0 amide bonds. The van der Waals surface area contributed by atoms with Crippen molar-refractivity contribution in [3.05, 3.63) is 154 Å². The number of rotatable bonds is 9. The van der Waals surface area contributed by atoms with Gasteiger partial charge in [0, 0.05) is 11.8 Å². The minimum absolute atomic E-state index is 0.0711. The number of nitrogens with one attached hydrogen (secondary N) is 1. The van der Waals surface area contributed by atoms with E-state index in [9.17, 15) is 23.6 Å². The Bertz CT molecular complexity index is 2210. The van der Waals surface area contributed by atoms with E-state index in [-0.39, 0.29) is 22.3 Å². The lowest BCUT2D eigenvalue weighted by atomic mass is 10.1. The topological polar surface area (TPSA) is 152 Å². The highest BCUT2D eigenvalue weighted by Crippen LogP contribution is 2.35. The van der Waals surface area contributed by atoms with Gasteiger partial charge >= 0.3 is 23.6 Å². The van der Waals surface area contributed by atoms with Gasteiger partial charge in [-0.25, -0.2) is 28.6 Å². The number of ether oxygens (including phenoxy) is 4. The maximum absolute atomic E-state index is 13.6. The van der Waals surface area contributed by atoms with Crippen LogP contribution >= 0.6 is 0 Å². The summed E-state index contributed by atoms with van der Waals surface area (Å²) >= 11 is 0. The van der Waals surface area contributed by atoms with Crippen LogP contribution in [0.2, 0.25) is 0 Å². The number of benzene rings is 4. The summed E-state index contributed by atoms with van der Waals surface area (Å²) in [6.45, 7) is -0.431. The minimum atomic E-state index is -1.42. The van der Waals surface area contributed by atoms with Crippen molar-refractivity contribution in [3.8, 4) is 11.4 Å². The van der Waals surface area contributed by atoms with Gasteiger partial charge in [0.25, 0.3) is 0 Å². The minimum Gasteiger partial charge on any atom is -0.459 e. The lowest BCUT2D eigenvalue weighted by Crippen LogP contribution is -2.42. The van der Waals surface area contributed by atoms with Gasteiger partial charge in [0.15, 0.2) is 24.1 Å². The number of carbonyl (C=O) groups is 3. The number of imidazole rings is 1. The molecule has 6 aromatic rings. The summed E-state index contributed by atoms with van der Waals surface area (Å²) < 4.78 is 38.4. The Balaban J connectivity index is 1.27. The fourth-order valence-electron chi connectivity index (χ4n) is 5.50. The van der Waals surface area contributed by atoms with E-state index >= 15 is 0 Å². The first-order valence-corrected chi connectivity index (χ1v) is 15.5. The molecule has 0 saturated carbocycles. The van der Waals surface area contributed by atoms with Gasteiger partial charge in [-0.05, 0) is 60.7 Å². The highest BCUT2D eigenvalue weighted by Gasteiger charge is 2.52. The van der Waals surface area contributed by atoms with E-state index in [1.807, 2.05) is 0 Å². The van der Waals surface area contributed by atoms with Crippen LogP contribution in [-0.4, -0.2) is 62.3 Å². The molecule has 0 bridgehead atoms. The predicted molar refractivity (Wildman–Crippen MR) is 175 cm³/mol. The van der Waals surface area contributed by atoms with Crippen LogP contribution in [0.1, 0.15) is 37.3 Å². The fraction of sp³-hybridized carbons (Fsp3) is 0.135. The summed E-state index contributed by atoms with van der Waals surface area (Å²) in [5.41, 5.74) is 0.763. The average molecular weight is 675 g/mol. The summed E-state index contributed by atoms with van der Waals surface area (Å²) in [6, 6.07) is 30.1. The molecule has 7 rings (SSSR count). The highest BCUT2D eigenvalue weighted by atomic mass is 19.1. The predicted octanol–water partition coefficient (Wildman–Crippen LogP) is 5.13. The van der Waals surface area contributed by atoms with Crippen molar-refractivity contribution in [2.24, 2.45) is 0 Å². The molecule has 1 fully saturated rings. The molecule has 1 aliphatic rings. The quantitative estimate of drug-likeness (QED) is 0.161. The van der Waals surface area contributed by atoms with Gasteiger partial charge < -0.3 is 23.9 Å². The van der Waals surface area contributed by atoms with Crippen molar-refractivity contribution in [1.82, 2.24) is 19.5 Å². The molecule has 4 aromatic carbocycles. The maximum atomic E-state index is 13.6. The molecule has 1 aliphatic heterocycles. The zero-order chi connectivity index (χ0) is 34.6. The van der Waals surface area contributed by atoms with E-state index in [0.29, 0.717) is 16.9 Å². The standard InChI is InChI=1S/C37H27FN4O8/c38-26-18-16-22(17-19-26)31-39-27-20-42(37(46)41-32(27)40-31)33-30(50-36(45)25-14-8-3-9-15-25)29(49-35(44)24-12-6-2-7-13-24)28(48-33)21-47-34(43)23-10-4-1-5-11-23/h1-20,28-30,33H,21H2,(H,39,40,41,46)/t28-,29-,30-,33-/m1/s1. The van der Waals surface area contributed by atoms with E-state index in [1.165, 1.54) is 30.5 Å². The molecule has 0 unspecified atom stereocenters. The molecular weight excluding hydrogens is 647 g/mol. The molecular formula is C37H27FN4O8. The van der Waals surface area contributed by atoms with Crippen LogP contribution in [0.4, 0.5) is 4.39 Å². The molecule has 2 aromatic heterocycles. The molecule has 12 nitrogen and oxygen atoms in total. The number of esters is 3. The largest absolute Gasteiger partial charge is 0.459 e. The van der Waals surface area contributed by atoms with Crippen LogP contribution in [0.5, 0.6) is 0 Å². The first-order chi connectivity index (χ1) is 24.3. The van der Waals surface area contributed by atoms with Crippen molar-refractivity contribution in [2.45, 2.75) is 24.5 Å². The van der Waals surface area contributed by atoms with Crippen LogP contribution in [0.15, 0.2) is 126 Å². The molecule has 13 heteroatoms. The van der Waals surface area contributed by atoms with Crippen LogP contribution in [0.3, 0.4) is 0 Å². The smallest absolute Gasteiger partial charge is 0.351 e. The second kappa shape index (κ2) is 13.9. The lowest BCUT2D eigenvalue weighted by molar-refractivity contribution is -0.0637. The molecule has 4 atom stereocenters. The first-order valence-electron chi connectivity index (χ1n) is 15.5.